The molecular formula is C25H30NO8P. The van der Waals surface area contributed by atoms with Gasteiger partial charge in [-0.15, -0.1) is 0 Å². The van der Waals surface area contributed by atoms with Crippen LogP contribution in [0, 0.1) is 0 Å². The zero-order chi connectivity index (χ0) is 24.5. The van der Waals surface area contributed by atoms with Gasteiger partial charge in [0.15, 0.2) is 17.3 Å². The van der Waals surface area contributed by atoms with E-state index in [1.165, 1.54) is 0 Å². The minimum atomic E-state index is -4.07. The second-order valence-corrected chi connectivity index (χ2v) is 11.9. The van der Waals surface area contributed by atoms with E-state index in [0.29, 0.717) is 11.5 Å². The fourth-order valence-corrected chi connectivity index (χ4v) is 7.42. The first-order valence-electron chi connectivity index (χ1n) is 11.8. The van der Waals surface area contributed by atoms with Crippen LogP contribution in [0.4, 0.5) is 0 Å². The average Bonchev–Trinajstić information content (AvgIpc) is 3.53. The molecule has 2 aromatic carbocycles. The molecule has 4 saturated heterocycles. The lowest BCUT2D eigenvalue weighted by Gasteiger charge is -2.44. The first kappa shape index (κ1) is 23.4. The molecule has 0 amide bonds. The van der Waals surface area contributed by atoms with Crippen molar-refractivity contribution in [2.45, 2.75) is 69.4 Å². The lowest BCUT2D eigenvalue weighted by atomic mass is 9.93. The molecule has 0 aliphatic carbocycles. The van der Waals surface area contributed by atoms with E-state index in [4.69, 9.17) is 32.7 Å². The predicted molar refractivity (Wildman–Crippen MR) is 125 cm³/mol. The van der Waals surface area contributed by atoms with Crippen LogP contribution < -0.4 is 9.05 Å². The maximum Gasteiger partial charge on any atom is 0.518 e. The first-order valence-corrected chi connectivity index (χ1v) is 13.3. The number of para-hydroxylation sites is 2. The summed E-state index contributed by atoms with van der Waals surface area (Å²) in [6, 6.07) is 17.9. The van der Waals surface area contributed by atoms with Crippen molar-refractivity contribution in [2.75, 3.05) is 13.2 Å². The number of fused-ring (bicyclic) bond motifs is 5. The molecule has 1 unspecified atom stereocenters. The Bertz CT molecular complexity index is 1080. The molecule has 0 aromatic heterocycles. The largest absolute Gasteiger partial charge is 0.518 e. The third kappa shape index (κ3) is 3.90. The van der Waals surface area contributed by atoms with E-state index in [1.54, 1.807) is 28.9 Å². The Morgan fingerprint density at radius 2 is 1.43 bits per heavy atom. The second kappa shape index (κ2) is 8.02. The predicted octanol–water partition coefficient (Wildman–Crippen LogP) is 4.33. The lowest BCUT2D eigenvalue weighted by Crippen LogP contribution is -2.64. The van der Waals surface area contributed by atoms with Gasteiger partial charge < -0.3 is 32.7 Å². The van der Waals surface area contributed by atoms with Crippen molar-refractivity contribution in [1.29, 1.82) is 0 Å². The van der Waals surface area contributed by atoms with Gasteiger partial charge in [-0.05, 0) is 52.0 Å². The SMILES string of the molecule is CC1(C)OCC([C@]23O[C@H](CN2P(=O)(Oc2ccccc2)Oc2ccccc2)[C@H]2OC(C)(C)O[C@H]23)O1. The molecule has 0 spiro atoms. The molecule has 35 heavy (non-hydrogen) atoms. The molecule has 6 rings (SSSR count). The Hall–Kier alpha value is -1.97. The monoisotopic (exact) mass is 503 g/mol. The number of ether oxygens (including phenoxy) is 5. The highest BCUT2D eigenvalue weighted by molar-refractivity contribution is 7.52. The van der Waals surface area contributed by atoms with Gasteiger partial charge in [-0.25, -0.2) is 4.57 Å². The fourth-order valence-electron chi connectivity index (χ4n) is 5.37. The summed E-state index contributed by atoms with van der Waals surface area (Å²) in [6.45, 7) is 7.86. The number of benzene rings is 2. The number of rotatable bonds is 6. The molecule has 4 aliphatic heterocycles. The van der Waals surface area contributed by atoms with Gasteiger partial charge in [-0.2, -0.15) is 4.67 Å². The van der Waals surface area contributed by atoms with Crippen molar-refractivity contribution < 1.29 is 37.3 Å². The van der Waals surface area contributed by atoms with Gasteiger partial charge in [-0.1, -0.05) is 36.4 Å². The Morgan fingerprint density at radius 1 is 0.829 bits per heavy atom. The smallest absolute Gasteiger partial charge is 0.404 e. The van der Waals surface area contributed by atoms with Crippen LogP contribution in [0.5, 0.6) is 11.5 Å². The Kier molecular flexibility index (Phi) is 5.37. The van der Waals surface area contributed by atoms with Crippen LogP contribution in [-0.4, -0.2) is 59.5 Å². The molecule has 5 atom stereocenters. The molecule has 4 fully saturated rings. The molecule has 2 bridgehead atoms. The van der Waals surface area contributed by atoms with E-state index >= 15 is 0 Å². The van der Waals surface area contributed by atoms with Crippen molar-refractivity contribution in [3.8, 4) is 11.5 Å². The summed E-state index contributed by atoms with van der Waals surface area (Å²) in [5.74, 6) is -0.856. The molecule has 10 heteroatoms. The van der Waals surface area contributed by atoms with Crippen LogP contribution in [0.15, 0.2) is 60.7 Å². The number of piperidine rings is 1. The maximum absolute atomic E-state index is 14.8. The second-order valence-electron chi connectivity index (χ2n) is 10.1. The number of hydrogen-bond acceptors (Lipinski definition) is 8. The third-order valence-electron chi connectivity index (χ3n) is 6.69. The number of hydrogen-bond donors (Lipinski definition) is 0. The van der Waals surface area contributed by atoms with Gasteiger partial charge in [0, 0.05) is 6.54 Å². The van der Waals surface area contributed by atoms with E-state index in [1.807, 2.05) is 64.1 Å². The summed E-state index contributed by atoms with van der Waals surface area (Å²) in [5, 5.41) is 0. The summed E-state index contributed by atoms with van der Waals surface area (Å²) in [7, 11) is -4.07. The summed E-state index contributed by atoms with van der Waals surface area (Å²) in [5.41, 5.74) is -1.31. The molecule has 0 radical (unpaired) electrons. The van der Waals surface area contributed by atoms with E-state index < -0.39 is 43.4 Å². The van der Waals surface area contributed by atoms with Gasteiger partial charge in [-0.3, -0.25) is 0 Å². The van der Waals surface area contributed by atoms with Crippen LogP contribution in [0.3, 0.4) is 0 Å². The van der Waals surface area contributed by atoms with Gasteiger partial charge in [0.2, 0.25) is 0 Å². The van der Waals surface area contributed by atoms with Crippen LogP contribution in [0.25, 0.3) is 0 Å². The highest BCUT2D eigenvalue weighted by atomic mass is 31.2. The van der Waals surface area contributed by atoms with Crippen molar-refractivity contribution in [3.05, 3.63) is 60.7 Å². The van der Waals surface area contributed by atoms with Crippen LogP contribution >= 0.6 is 7.75 Å². The minimum absolute atomic E-state index is 0.222. The molecule has 2 aromatic rings. The minimum Gasteiger partial charge on any atom is -0.404 e. The van der Waals surface area contributed by atoms with Gasteiger partial charge in [0.25, 0.3) is 0 Å². The maximum atomic E-state index is 14.8. The van der Waals surface area contributed by atoms with Gasteiger partial charge >= 0.3 is 7.75 Å². The lowest BCUT2D eigenvalue weighted by molar-refractivity contribution is -0.242. The first-order chi connectivity index (χ1) is 16.6. The summed E-state index contributed by atoms with van der Waals surface area (Å²) in [4.78, 5) is 0. The zero-order valence-corrected chi connectivity index (χ0v) is 21.1. The topological polar surface area (TPSA) is 84.9 Å². The summed E-state index contributed by atoms with van der Waals surface area (Å²) >= 11 is 0. The normalized spacial score (nSPS) is 35.2. The third-order valence-corrected chi connectivity index (χ3v) is 8.64. The zero-order valence-electron chi connectivity index (χ0n) is 20.2. The molecule has 4 heterocycles. The van der Waals surface area contributed by atoms with E-state index in [0.717, 1.165) is 0 Å². The fraction of sp³-hybridized carbons (Fsp3) is 0.520. The Balaban J connectivity index is 1.45. The Labute approximate surface area is 204 Å². The molecule has 0 N–H and O–H groups in total. The van der Waals surface area contributed by atoms with E-state index in [-0.39, 0.29) is 19.3 Å². The number of nitrogens with zero attached hydrogens (tertiary/aromatic N) is 1. The van der Waals surface area contributed by atoms with Crippen molar-refractivity contribution in [2.24, 2.45) is 0 Å². The highest BCUT2D eigenvalue weighted by Gasteiger charge is 2.77. The van der Waals surface area contributed by atoms with Crippen molar-refractivity contribution >= 4 is 7.75 Å². The average molecular weight is 503 g/mol. The van der Waals surface area contributed by atoms with Gasteiger partial charge in [0.1, 0.15) is 35.9 Å². The van der Waals surface area contributed by atoms with Crippen LogP contribution in [0.1, 0.15) is 27.7 Å². The van der Waals surface area contributed by atoms with Crippen LogP contribution in [0.2, 0.25) is 0 Å². The summed E-state index contributed by atoms with van der Waals surface area (Å²) in [6.07, 6.45) is -1.98. The molecule has 9 nitrogen and oxygen atoms in total. The highest BCUT2D eigenvalue weighted by Crippen LogP contribution is 2.65. The Morgan fingerprint density at radius 3 is 1.97 bits per heavy atom. The molecular weight excluding hydrogens is 473 g/mol. The van der Waals surface area contributed by atoms with Gasteiger partial charge in [0.05, 0.1) is 6.61 Å². The molecule has 4 aliphatic rings. The van der Waals surface area contributed by atoms with Crippen LogP contribution in [-0.2, 0) is 28.2 Å². The standard InChI is InChI=1S/C25H30NO8P/c1-23(2)28-16-20(30-23)25-22-21(31-24(3,4)32-22)19(29-25)15-26(25)35(27,33-17-11-7-5-8-12-17)34-18-13-9-6-10-14-18/h5-14,19-22H,15-16H2,1-4H3/t19-,20?,21-,22-,25-/m1/s1. The summed E-state index contributed by atoms with van der Waals surface area (Å²) < 4.78 is 60.1. The quantitative estimate of drug-likeness (QED) is 0.535. The molecule has 0 saturated carbocycles. The van der Waals surface area contributed by atoms with Crippen molar-refractivity contribution in [3.63, 3.8) is 0 Å². The molecule has 188 valence electrons. The van der Waals surface area contributed by atoms with E-state index in [9.17, 15) is 4.57 Å². The van der Waals surface area contributed by atoms with E-state index in [2.05, 4.69) is 0 Å². The van der Waals surface area contributed by atoms with Crippen molar-refractivity contribution in [1.82, 2.24) is 4.67 Å².